The van der Waals surface area contributed by atoms with Crippen molar-refractivity contribution in [2.24, 2.45) is 0 Å². The summed E-state index contributed by atoms with van der Waals surface area (Å²) in [6.07, 6.45) is 1.80. The number of aromatic nitrogens is 2. The van der Waals surface area contributed by atoms with Crippen LogP contribution < -0.4 is 4.72 Å². The van der Waals surface area contributed by atoms with Crippen molar-refractivity contribution in [3.63, 3.8) is 0 Å². The zero-order valence-corrected chi connectivity index (χ0v) is 12.6. The lowest BCUT2D eigenvalue weighted by Gasteiger charge is -2.19. The van der Waals surface area contributed by atoms with Crippen LogP contribution in [-0.2, 0) is 14.8 Å². The van der Waals surface area contributed by atoms with E-state index in [0.717, 1.165) is 24.6 Å². The normalized spacial score (nSPS) is 21.4. The molecule has 6 nitrogen and oxygen atoms in total. The zero-order valence-electron chi connectivity index (χ0n) is 10.9. The number of nitrogens with one attached hydrogen (secondary N) is 1. The Morgan fingerprint density at radius 2 is 2.30 bits per heavy atom. The summed E-state index contributed by atoms with van der Waals surface area (Å²) in [6, 6.07) is 4.72. The summed E-state index contributed by atoms with van der Waals surface area (Å²) in [5, 5.41) is 0. The summed E-state index contributed by atoms with van der Waals surface area (Å²) in [6.45, 7) is 2.52. The van der Waals surface area contributed by atoms with Gasteiger partial charge in [0.15, 0.2) is 0 Å². The first-order valence-corrected chi connectivity index (χ1v) is 8.64. The topological polar surface area (TPSA) is 81.2 Å². The summed E-state index contributed by atoms with van der Waals surface area (Å²) < 4.78 is 41.3. The lowest BCUT2D eigenvalue weighted by Crippen LogP contribution is -2.40. The van der Waals surface area contributed by atoms with E-state index in [1.807, 2.05) is 6.92 Å². The third-order valence-electron chi connectivity index (χ3n) is 3.40. The third-order valence-corrected chi connectivity index (χ3v) is 5.54. The van der Waals surface area contributed by atoms with Gasteiger partial charge in [-0.2, -0.15) is 8.75 Å². The van der Waals surface area contributed by atoms with E-state index in [2.05, 4.69) is 13.5 Å². The molecule has 0 aliphatic carbocycles. The van der Waals surface area contributed by atoms with Crippen molar-refractivity contribution in [3.8, 4) is 0 Å². The van der Waals surface area contributed by atoms with Crippen molar-refractivity contribution in [2.45, 2.75) is 36.8 Å². The van der Waals surface area contributed by atoms with Gasteiger partial charge in [-0.15, -0.1) is 0 Å². The molecule has 20 heavy (non-hydrogen) atoms. The van der Waals surface area contributed by atoms with Crippen LogP contribution in [0.15, 0.2) is 23.1 Å². The molecule has 1 aliphatic rings. The highest BCUT2D eigenvalue weighted by Gasteiger charge is 2.28. The smallest absolute Gasteiger partial charge is 0.243 e. The van der Waals surface area contributed by atoms with E-state index in [1.165, 1.54) is 0 Å². The number of rotatable bonds is 4. The monoisotopic (exact) mass is 313 g/mol. The summed E-state index contributed by atoms with van der Waals surface area (Å²) in [5.74, 6) is 0. The third kappa shape index (κ3) is 2.56. The number of ether oxygens (including phenoxy) is 1. The average Bonchev–Trinajstić information content (AvgIpc) is 3.08. The number of sulfonamides is 1. The second-order valence-electron chi connectivity index (χ2n) is 4.85. The van der Waals surface area contributed by atoms with Gasteiger partial charge >= 0.3 is 0 Å². The molecule has 1 aliphatic heterocycles. The fraction of sp³-hybridized carbons (Fsp3) is 0.500. The van der Waals surface area contributed by atoms with Crippen molar-refractivity contribution in [1.82, 2.24) is 13.5 Å². The van der Waals surface area contributed by atoms with Gasteiger partial charge in [0.1, 0.15) is 15.9 Å². The Balaban J connectivity index is 1.89. The molecule has 0 amide bonds. The summed E-state index contributed by atoms with van der Waals surface area (Å²) in [4.78, 5) is 0.175. The van der Waals surface area contributed by atoms with Crippen LogP contribution >= 0.6 is 11.7 Å². The molecular weight excluding hydrogens is 298 g/mol. The van der Waals surface area contributed by atoms with Crippen LogP contribution in [-0.4, -0.2) is 35.9 Å². The molecular formula is C12H15N3O3S2. The molecule has 2 atom stereocenters. The number of hydrogen-bond donors (Lipinski definition) is 1. The lowest BCUT2D eigenvalue weighted by atomic mass is 10.1. The van der Waals surface area contributed by atoms with Crippen LogP contribution in [0.5, 0.6) is 0 Å². The fourth-order valence-corrected chi connectivity index (χ4v) is 4.42. The van der Waals surface area contributed by atoms with E-state index in [-0.39, 0.29) is 17.0 Å². The van der Waals surface area contributed by atoms with Gasteiger partial charge < -0.3 is 4.74 Å². The average molecular weight is 313 g/mol. The number of benzene rings is 1. The fourth-order valence-electron chi connectivity index (χ4n) is 2.38. The molecule has 0 bridgehead atoms. The van der Waals surface area contributed by atoms with Crippen LogP contribution in [0.4, 0.5) is 0 Å². The first-order chi connectivity index (χ1) is 9.58. The molecule has 3 rings (SSSR count). The van der Waals surface area contributed by atoms with Gasteiger partial charge in [-0.05, 0) is 31.9 Å². The Morgan fingerprint density at radius 1 is 1.45 bits per heavy atom. The maximum atomic E-state index is 12.5. The van der Waals surface area contributed by atoms with Gasteiger partial charge in [0.05, 0.1) is 17.8 Å². The quantitative estimate of drug-likeness (QED) is 0.926. The number of fused-ring (bicyclic) bond motifs is 1. The Kier molecular flexibility index (Phi) is 3.72. The Labute approximate surface area is 121 Å². The number of nitrogens with zero attached hydrogens (tertiary/aromatic N) is 2. The highest BCUT2D eigenvalue weighted by molar-refractivity contribution is 7.89. The first kappa shape index (κ1) is 13.9. The Bertz CT molecular complexity index is 708. The predicted molar refractivity (Wildman–Crippen MR) is 76.2 cm³/mol. The standard InChI is InChI=1S/C12H15N3O3S2/c1-8(10-5-3-7-18-10)15-20(16,17)11-6-2-4-9-12(11)14-19-13-9/h2,4,6,8,10,15H,3,5,7H2,1H3/t8-,10-/m0/s1. The largest absolute Gasteiger partial charge is 0.377 e. The first-order valence-electron chi connectivity index (χ1n) is 6.43. The molecule has 108 valence electrons. The van der Waals surface area contributed by atoms with Gasteiger partial charge in [0, 0.05) is 12.6 Å². The minimum atomic E-state index is -3.62. The molecule has 1 N–H and O–H groups in total. The van der Waals surface area contributed by atoms with Crippen LogP contribution in [0.25, 0.3) is 11.0 Å². The van der Waals surface area contributed by atoms with Crippen molar-refractivity contribution in [2.75, 3.05) is 6.61 Å². The van der Waals surface area contributed by atoms with Gasteiger partial charge in [-0.3, -0.25) is 0 Å². The molecule has 1 fully saturated rings. The second kappa shape index (κ2) is 5.36. The molecule has 0 radical (unpaired) electrons. The van der Waals surface area contributed by atoms with Crippen LogP contribution in [0.2, 0.25) is 0 Å². The maximum absolute atomic E-state index is 12.5. The minimum Gasteiger partial charge on any atom is -0.377 e. The molecule has 1 saturated heterocycles. The SMILES string of the molecule is C[C@H](NS(=O)(=O)c1cccc2nsnc12)[C@@H]1CCCO1. The van der Waals surface area contributed by atoms with Crippen molar-refractivity contribution >= 4 is 32.8 Å². The molecule has 1 aromatic carbocycles. The molecule has 1 aromatic heterocycles. The summed E-state index contributed by atoms with van der Waals surface area (Å²) >= 11 is 1.01. The minimum absolute atomic E-state index is 0.0578. The van der Waals surface area contributed by atoms with E-state index < -0.39 is 10.0 Å². The molecule has 8 heteroatoms. The van der Waals surface area contributed by atoms with Gasteiger partial charge in [0.25, 0.3) is 0 Å². The van der Waals surface area contributed by atoms with E-state index >= 15 is 0 Å². The van der Waals surface area contributed by atoms with Crippen LogP contribution in [0.1, 0.15) is 19.8 Å². The molecule has 0 spiro atoms. The zero-order chi connectivity index (χ0) is 14.2. The van der Waals surface area contributed by atoms with Gasteiger partial charge in [0.2, 0.25) is 10.0 Å². The molecule has 0 unspecified atom stereocenters. The highest BCUT2D eigenvalue weighted by atomic mass is 32.2. The second-order valence-corrected chi connectivity index (χ2v) is 7.06. The molecule has 2 heterocycles. The number of hydrogen-bond acceptors (Lipinski definition) is 6. The van der Waals surface area contributed by atoms with Crippen molar-refractivity contribution < 1.29 is 13.2 Å². The maximum Gasteiger partial charge on any atom is 0.243 e. The summed E-state index contributed by atoms with van der Waals surface area (Å²) in [7, 11) is -3.62. The summed E-state index contributed by atoms with van der Waals surface area (Å²) in [5.41, 5.74) is 1.02. The van der Waals surface area contributed by atoms with Crippen LogP contribution in [0, 0.1) is 0 Å². The van der Waals surface area contributed by atoms with E-state index in [4.69, 9.17) is 4.74 Å². The lowest BCUT2D eigenvalue weighted by molar-refractivity contribution is 0.0902. The van der Waals surface area contributed by atoms with Crippen molar-refractivity contribution in [3.05, 3.63) is 18.2 Å². The Morgan fingerprint density at radius 3 is 3.05 bits per heavy atom. The van der Waals surface area contributed by atoms with Crippen molar-refractivity contribution in [1.29, 1.82) is 0 Å². The van der Waals surface area contributed by atoms with E-state index in [9.17, 15) is 8.42 Å². The highest BCUT2D eigenvalue weighted by Crippen LogP contribution is 2.22. The molecule has 0 saturated carbocycles. The van der Waals surface area contributed by atoms with Gasteiger partial charge in [-0.1, -0.05) is 6.07 Å². The Hall–Kier alpha value is -1.09. The van der Waals surface area contributed by atoms with Gasteiger partial charge in [-0.25, -0.2) is 13.1 Å². The van der Waals surface area contributed by atoms with Crippen LogP contribution in [0.3, 0.4) is 0 Å². The van der Waals surface area contributed by atoms with E-state index in [0.29, 0.717) is 17.6 Å². The van der Waals surface area contributed by atoms with E-state index in [1.54, 1.807) is 18.2 Å². The predicted octanol–water partition coefficient (Wildman–Crippen LogP) is 1.54. The molecule has 2 aromatic rings.